The maximum absolute atomic E-state index is 12.4. The van der Waals surface area contributed by atoms with E-state index in [1.807, 2.05) is 0 Å². The average molecular weight is 393 g/mol. The van der Waals surface area contributed by atoms with Crippen LogP contribution in [0.1, 0.15) is 6.92 Å². The van der Waals surface area contributed by atoms with E-state index in [-0.39, 0.29) is 17.1 Å². The Hall–Kier alpha value is -3.14. The first-order chi connectivity index (χ1) is 12.7. The van der Waals surface area contributed by atoms with Gasteiger partial charge in [0.15, 0.2) is 0 Å². The van der Waals surface area contributed by atoms with Crippen molar-refractivity contribution in [2.75, 3.05) is 29.0 Å². The topological polar surface area (TPSA) is 119 Å². The Balaban J connectivity index is 2.26. The minimum absolute atomic E-state index is 0.186. The summed E-state index contributed by atoms with van der Waals surface area (Å²) < 4.78 is 30.8. The van der Waals surface area contributed by atoms with E-state index in [1.165, 1.54) is 30.3 Å². The van der Waals surface area contributed by atoms with Gasteiger partial charge in [-0.25, -0.2) is 8.42 Å². The van der Waals surface area contributed by atoms with Gasteiger partial charge in [-0.15, -0.1) is 0 Å². The second kappa shape index (κ2) is 8.49. The third-order valence-electron chi connectivity index (χ3n) is 3.46. The Bertz CT molecular complexity index is 945. The Morgan fingerprint density at radius 2 is 1.93 bits per heavy atom. The average Bonchev–Trinajstić information content (AvgIpc) is 2.60. The lowest BCUT2D eigenvalue weighted by Crippen LogP contribution is -2.37. The van der Waals surface area contributed by atoms with E-state index < -0.39 is 27.4 Å². The molecule has 144 valence electrons. The highest BCUT2D eigenvalue weighted by molar-refractivity contribution is 7.92. The van der Waals surface area contributed by atoms with Gasteiger partial charge in [0.2, 0.25) is 15.9 Å². The Morgan fingerprint density at radius 1 is 1.22 bits per heavy atom. The zero-order valence-electron chi connectivity index (χ0n) is 14.8. The third-order valence-corrected chi connectivity index (χ3v) is 4.59. The number of nitro groups is 1. The number of rotatable bonds is 8. The van der Waals surface area contributed by atoms with Crippen molar-refractivity contribution in [1.82, 2.24) is 0 Å². The smallest absolute Gasteiger partial charge is 0.271 e. The molecule has 0 aliphatic heterocycles. The van der Waals surface area contributed by atoms with Gasteiger partial charge in [-0.2, -0.15) is 0 Å². The molecular weight excluding hydrogens is 374 g/mol. The van der Waals surface area contributed by atoms with Crippen LogP contribution in [0.3, 0.4) is 0 Å². The van der Waals surface area contributed by atoms with E-state index in [0.717, 1.165) is 10.6 Å². The van der Waals surface area contributed by atoms with Gasteiger partial charge in [0.05, 0.1) is 23.5 Å². The molecule has 0 saturated heterocycles. The number of benzene rings is 2. The van der Waals surface area contributed by atoms with E-state index in [4.69, 9.17) is 4.74 Å². The lowest BCUT2D eigenvalue weighted by molar-refractivity contribution is -0.384. The molecule has 27 heavy (non-hydrogen) atoms. The van der Waals surface area contributed by atoms with Gasteiger partial charge in [-0.3, -0.25) is 19.2 Å². The molecule has 0 fully saturated rings. The summed E-state index contributed by atoms with van der Waals surface area (Å²) in [4.78, 5) is 22.6. The number of nitro benzene ring substituents is 1. The molecule has 10 heteroatoms. The number of non-ortho nitro benzene ring substituents is 1. The first-order valence-electron chi connectivity index (χ1n) is 7.96. The molecule has 0 heterocycles. The zero-order chi connectivity index (χ0) is 20.0. The summed E-state index contributed by atoms with van der Waals surface area (Å²) in [7, 11) is -3.78. The molecular formula is C17H19N3O6S. The predicted molar refractivity (Wildman–Crippen MR) is 102 cm³/mol. The number of carbonyl (C=O) groups excluding carboxylic acids is 1. The van der Waals surface area contributed by atoms with Crippen molar-refractivity contribution in [3.63, 3.8) is 0 Å². The second-order valence-electron chi connectivity index (χ2n) is 5.53. The van der Waals surface area contributed by atoms with Crippen LogP contribution < -0.4 is 14.4 Å². The number of anilines is 2. The maximum atomic E-state index is 12.4. The summed E-state index contributed by atoms with van der Waals surface area (Å²) in [5, 5.41) is 13.3. The number of para-hydroxylation sites is 2. The van der Waals surface area contributed by atoms with Crippen molar-refractivity contribution in [2.24, 2.45) is 0 Å². The zero-order valence-corrected chi connectivity index (χ0v) is 15.6. The lowest BCUT2D eigenvalue weighted by atomic mass is 10.2. The van der Waals surface area contributed by atoms with E-state index in [1.54, 1.807) is 25.1 Å². The number of nitrogens with one attached hydrogen (secondary N) is 1. The predicted octanol–water partition coefficient (Wildman–Crippen LogP) is 2.40. The Labute approximate surface area is 156 Å². The highest BCUT2D eigenvalue weighted by Crippen LogP contribution is 2.29. The van der Waals surface area contributed by atoms with Gasteiger partial charge in [0.25, 0.3) is 5.69 Å². The monoisotopic (exact) mass is 393 g/mol. The lowest BCUT2D eigenvalue weighted by Gasteiger charge is -2.24. The van der Waals surface area contributed by atoms with Crippen molar-refractivity contribution in [2.45, 2.75) is 6.92 Å². The summed E-state index contributed by atoms with van der Waals surface area (Å²) >= 11 is 0. The van der Waals surface area contributed by atoms with E-state index in [2.05, 4.69) is 5.32 Å². The first kappa shape index (κ1) is 20.2. The highest BCUT2D eigenvalue weighted by Gasteiger charge is 2.24. The minimum atomic E-state index is -3.78. The number of hydrogen-bond acceptors (Lipinski definition) is 6. The van der Waals surface area contributed by atoms with Crippen LogP contribution in [0.25, 0.3) is 0 Å². The summed E-state index contributed by atoms with van der Waals surface area (Å²) in [6.45, 7) is 1.58. The molecule has 2 aromatic carbocycles. The summed E-state index contributed by atoms with van der Waals surface area (Å²) in [5.41, 5.74) is 0.242. The number of hydrogen-bond donors (Lipinski definition) is 1. The number of amides is 1. The quantitative estimate of drug-likeness (QED) is 0.543. The van der Waals surface area contributed by atoms with Crippen LogP contribution in [0, 0.1) is 10.1 Å². The summed E-state index contributed by atoms with van der Waals surface area (Å²) in [6.07, 6.45) is 0.983. The van der Waals surface area contributed by atoms with Crippen LogP contribution >= 0.6 is 0 Å². The van der Waals surface area contributed by atoms with E-state index >= 15 is 0 Å². The van der Waals surface area contributed by atoms with Gasteiger partial charge < -0.3 is 10.1 Å². The molecule has 0 atom stereocenters. The molecule has 0 aromatic heterocycles. The van der Waals surface area contributed by atoms with Crippen molar-refractivity contribution < 1.29 is 22.9 Å². The normalized spacial score (nSPS) is 10.9. The SMILES string of the molecule is CCOc1ccccc1N(CC(=O)Nc1cccc([N+](=O)[O-])c1)S(C)(=O)=O. The first-order valence-corrected chi connectivity index (χ1v) is 9.81. The molecule has 0 spiro atoms. The van der Waals surface area contributed by atoms with Crippen LogP contribution in [0.5, 0.6) is 5.75 Å². The van der Waals surface area contributed by atoms with Crippen LogP contribution in [-0.2, 0) is 14.8 Å². The summed E-state index contributed by atoms with van der Waals surface area (Å²) in [6, 6.07) is 11.8. The van der Waals surface area contributed by atoms with Gasteiger partial charge in [-0.05, 0) is 25.1 Å². The number of ether oxygens (including phenoxy) is 1. The van der Waals surface area contributed by atoms with Gasteiger partial charge in [-0.1, -0.05) is 18.2 Å². The Kier molecular flexibility index (Phi) is 6.35. The fraction of sp³-hybridized carbons (Fsp3) is 0.235. The fourth-order valence-corrected chi connectivity index (χ4v) is 3.21. The van der Waals surface area contributed by atoms with Crippen molar-refractivity contribution in [1.29, 1.82) is 0 Å². The second-order valence-corrected chi connectivity index (χ2v) is 7.43. The van der Waals surface area contributed by atoms with Crippen LogP contribution in [-0.4, -0.2) is 38.7 Å². The fourth-order valence-electron chi connectivity index (χ4n) is 2.35. The van der Waals surface area contributed by atoms with Crippen LogP contribution in [0.15, 0.2) is 48.5 Å². The molecule has 2 rings (SSSR count). The molecule has 0 aliphatic carbocycles. The molecule has 0 unspecified atom stereocenters. The Morgan fingerprint density at radius 3 is 2.56 bits per heavy atom. The van der Waals surface area contributed by atoms with Gasteiger partial charge >= 0.3 is 0 Å². The number of nitrogens with zero attached hydrogens (tertiary/aromatic N) is 2. The molecule has 0 saturated carbocycles. The minimum Gasteiger partial charge on any atom is -0.492 e. The largest absolute Gasteiger partial charge is 0.492 e. The molecule has 0 bridgehead atoms. The van der Waals surface area contributed by atoms with Crippen molar-refractivity contribution in [3.05, 3.63) is 58.6 Å². The van der Waals surface area contributed by atoms with E-state index in [9.17, 15) is 23.3 Å². The molecule has 0 aliphatic rings. The standard InChI is InChI=1S/C17H19N3O6S/c1-3-26-16-10-5-4-9-15(16)19(27(2,24)25)12-17(21)18-13-7-6-8-14(11-13)20(22)23/h4-11H,3,12H2,1-2H3,(H,18,21). The molecule has 0 radical (unpaired) electrons. The van der Waals surface area contributed by atoms with E-state index in [0.29, 0.717) is 12.4 Å². The van der Waals surface area contributed by atoms with Gasteiger partial charge in [0.1, 0.15) is 12.3 Å². The maximum Gasteiger partial charge on any atom is 0.271 e. The number of sulfonamides is 1. The van der Waals surface area contributed by atoms with Crippen molar-refractivity contribution >= 4 is 33.0 Å². The summed E-state index contributed by atoms with van der Waals surface area (Å²) in [5.74, 6) is -0.319. The molecule has 1 amide bonds. The number of carbonyl (C=O) groups is 1. The highest BCUT2D eigenvalue weighted by atomic mass is 32.2. The molecule has 1 N–H and O–H groups in total. The molecule has 9 nitrogen and oxygen atoms in total. The molecule has 2 aromatic rings. The third kappa shape index (κ3) is 5.42. The van der Waals surface area contributed by atoms with Crippen LogP contribution in [0.2, 0.25) is 0 Å². The van der Waals surface area contributed by atoms with Crippen LogP contribution in [0.4, 0.5) is 17.1 Å². The van der Waals surface area contributed by atoms with Gasteiger partial charge in [0, 0.05) is 17.8 Å². The van der Waals surface area contributed by atoms with Crippen molar-refractivity contribution in [3.8, 4) is 5.75 Å².